The minimum atomic E-state index is -0.427. The lowest BCUT2D eigenvalue weighted by Crippen LogP contribution is -2.13. The molecule has 0 aliphatic rings. The standard InChI is InChI=1S/C7H7N3O3/c11-3-9-5-1-6(10-4-12)7(13)8-2-5/h1-4H,(H,8,13)(H,9,11)(H,10,12). The zero-order chi connectivity index (χ0) is 9.68. The average Bonchev–Trinajstić information content (AvgIpc) is 2.12. The van der Waals surface area contributed by atoms with Gasteiger partial charge in [-0.3, -0.25) is 14.4 Å². The molecule has 68 valence electrons. The van der Waals surface area contributed by atoms with Crippen molar-refractivity contribution in [3.05, 3.63) is 22.6 Å². The molecular weight excluding hydrogens is 174 g/mol. The molecule has 1 aromatic rings. The van der Waals surface area contributed by atoms with Crippen LogP contribution in [0.5, 0.6) is 0 Å². The minimum Gasteiger partial charge on any atom is -0.327 e. The third-order valence-corrected chi connectivity index (χ3v) is 1.34. The number of carbonyl (C=O) groups is 2. The van der Waals surface area contributed by atoms with Gasteiger partial charge < -0.3 is 15.6 Å². The maximum Gasteiger partial charge on any atom is 0.271 e. The molecule has 13 heavy (non-hydrogen) atoms. The largest absolute Gasteiger partial charge is 0.327 e. The number of rotatable bonds is 4. The fourth-order valence-corrected chi connectivity index (χ4v) is 0.806. The Kier molecular flexibility index (Phi) is 2.80. The van der Waals surface area contributed by atoms with Crippen molar-refractivity contribution in [3.8, 4) is 0 Å². The summed E-state index contributed by atoms with van der Waals surface area (Å²) in [5, 5.41) is 4.52. The van der Waals surface area contributed by atoms with Gasteiger partial charge in [-0.15, -0.1) is 0 Å². The number of aromatic nitrogens is 1. The number of carbonyl (C=O) groups excluding carboxylic acids is 2. The number of nitrogens with one attached hydrogen (secondary N) is 3. The van der Waals surface area contributed by atoms with E-state index in [2.05, 4.69) is 15.6 Å². The fourth-order valence-electron chi connectivity index (χ4n) is 0.806. The Hall–Kier alpha value is -2.11. The predicted octanol–water partition coefficient (Wildman–Crippen LogP) is -0.489. The van der Waals surface area contributed by atoms with E-state index < -0.39 is 5.56 Å². The molecule has 6 heteroatoms. The van der Waals surface area contributed by atoms with Crippen LogP contribution in [0.25, 0.3) is 0 Å². The first-order chi connectivity index (χ1) is 6.27. The predicted molar refractivity (Wildman–Crippen MR) is 46.4 cm³/mol. The highest BCUT2D eigenvalue weighted by molar-refractivity contribution is 5.76. The van der Waals surface area contributed by atoms with Gasteiger partial charge in [0.25, 0.3) is 5.56 Å². The zero-order valence-electron chi connectivity index (χ0n) is 6.53. The third-order valence-electron chi connectivity index (χ3n) is 1.34. The van der Waals surface area contributed by atoms with Crippen LogP contribution in [-0.4, -0.2) is 17.8 Å². The molecule has 1 rings (SSSR count). The first-order valence-corrected chi connectivity index (χ1v) is 3.41. The molecule has 0 fully saturated rings. The van der Waals surface area contributed by atoms with Crippen LogP contribution in [0.15, 0.2) is 17.1 Å². The minimum absolute atomic E-state index is 0.0850. The lowest BCUT2D eigenvalue weighted by Gasteiger charge is -2.00. The molecule has 1 heterocycles. The number of aromatic amines is 1. The van der Waals surface area contributed by atoms with Gasteiger partial charge in [0.2, 0.25) is 12.8 Å². The van der Waals surface area contributed by atoms with Crippen molar-refractivity contribution in [1.82, 2.24) is 4.98 Å². The molecular formula is C7H7N3O3. The molecule has 0 saturated heterocycles. The topological polar surface area (TPSA) is 91.1 Å². The van der Waals surface area contributed by atoms with Crippen molar-refractivity contribution >= 4 is 24.2 Å². The Bertz CT molecular complexity index is 371. The van der Waals surface area contributed by atoms with Gasteiger partial charge in [-0.1, -0.05) is 0 Å². The number of anilines is 2. The van der Waals surface area contributed by atoms with Crippen molar-refractivity contribution in [2.45, 2.75) is 0 Å². The Morgan fingerprint density at radius 3 is 2.54 bits per heavy atom. The van der Waals surface area contributed by atoms with E-state index in [1.165, 1.54) is 12.3 Å². The van der Waals surface area contributed by atoms with Crippen LogP contribution < -0.4 is 16.2 Å². The maximum atomic E-state index is 11.0. The van der Waals surface area contributed by atoms with E-state index >= 15 is 0 Å². The lowest BCUT2D eigenvalue weighted by molar-refractivity contribution is -0.106. The Labute approximate surface area is 73.0 Å². The fraction of sp³-hybridized carbons (Fsp3) is 0. The molecule has 1 aromatic heterocycles. The van der Waals surface area contributed by atoms with Gasteiger partial charge in [-0.2, -0.15) is 0 Å². The van der Waals surface area contributed by atoms with Crippen molar-refractivity contribution in [1.29, 1.82) is 0 Å². The monoisotopic (exact) mass is 181 g/mol. The summed E-state index contributed by atoms with van der Waals surface area (Å²) in [6, 6.07) is 1.35. The van der Waals surface area contributed by atoms with Crippen LogP contribution >= 0.6 is 0 Å². The van der Waals surface area contributed by atoms with E-state index in [0.717, 1.165) is 0 Å². The van der Waals surface area contributed by atoms with E-state index in [-0.39, 0.29) is 5.69 Å². The summed E-state index contributed by atoms with van der Waals surface area (Å²) in [6.45, 7) is 0. The van der Waals surface area contributed by atoms with E-state index in [0.29, 0.717) is 18.5 Å². The molecule has 3 N–H and O–H groups in total. The molecule has 0 unspecified atom stereocenters. The molecule has 0 atom stereocenters. The van der Waals surface area contributed by atoms with E-state index in [1.807, 2.05) is 0 Å². The van der Waals surface area contributed by atoms with Gasteiger partial charge in [0.15, 0.2) is 0 Å². The highest BCUT2D eigenvalue weighted by Crippen LogP contribution is 2.06. The molecule has 0 aliphatic carbocycles. The van der Waals surface area contributed by atoms with Gasteiger partial charge in [-0.25, -0.2) is 0 Å². The smallest absolute Gasteiger partial charge is 0.271 e. The first kappa shape index (κ1) is 8.98. The van der Waals surface area contributed by atoms with Crippen molar-refractivity contribution < 1.29 is 9.59 Å². The molecule has 0 aliphatic heterocycles. The third kappa shape index (κ3) is 2.16. The van der Waals surface area contributed by atoms with Gasteiger partial charge in [0, 0.05) is 6.20 Å². The summed E-state index contributed by atoms with van der Waals surface area (Å²) in [4.78, 5) is 33.4. The van der Waals surface area contributed by atoms with Crippen molar-refractivity contribution in [2.75, 3.05) is 10.6 Å². The lowest BCUT2D eigenvalue weighted by atomic mass is 10.3. The van der Waals surface area contributed by atoms with Gasteiger partial charge in [-0.05, 0) is 6.07 Å². The number of amides is 2. The zero-order valence-corrected chi connectivity index (χ0v) is 6.53. The van der Waals surface area contributed by atoms with Gasteiger partial charge >= 0.3 is 0 Å². The van der Waals surface area contributed by atoms with Gasteiger partial charge in [0.05, 0.1) is 5.69 Å². The molecule has 0 bridgehead atoms. The Morgan fingerprint density at radius 2 is 1.92 bits per heavy atom. The number of H-pyrrole nitrogens is 1. The quantitative estimate of drug-likeness (QED) is 0.547. The Morgan fingerprint density at radius 1 is 1.23 bits per heavy atom. The molecule has 0 saturated carbocycles. The average molecular weight is 181 g/mol. The SMILES string of the molecule is O=CNc1c[nH]c(=O)c(NC=O)c1. The summed E-state index contributed by atoms with van der Waals surface area (Å²) >= 11 is 0. The summed E-state index contributed by atoms with van der Waals surface area (Å²) in [6.07, 6.45) is 2.18. The van der Waals surface area contributed by atoms with Crippen LogP contribution in [0.4, 0.5) is 11.4 Å². The Balaban J connectivity index is 3.02. The molecule has 0 aromatic carbocycles. The van der Waals surface area contributed by atoms with E-state index in [9.17, 15) is 14.4 Å². The summed E-state index contributed by atoms with van der Waals surface area (Å²) in [5.74, 6) is 0. The van der Waals surface area contributed by atoms with Crippen LogP contribution in [0.1, 0.15) is 0 Å². The normalized spacial score (nSPS) is 8.92. The summed E-state index contributed by atoms with van der Waals surface area (Å²) < 4.78 is 0. The van der Waals surface area contributed by atoms with Crippen molar-refractivity contribution in [2.24, 2.45) is 0 Å². The van der Waals surface area contributed by atoms with Crippen LogP contribution in [0.2, 0.25) is 0 Å². The van der Waals surface area contributed by atoms with Crippen LogP contribution in [-0.2, 0) is 9.59 Å². The summed E-state index contributed by atoms with van der Waals surface area (Å²) in [5.41, 5.74) is 0.0596. The first-order valence-electron chi connectivity index (χ1n) is 3.41. The van der Waals surface area contributed by atoms with E-state index in [4.69, 9.17) is 0 Å². The molecule has 0 spiro atoms. The van der Waals surface area contributed by atoms with Crippen molar-refractivity contribution in [3.63, 3.8) is 0 Å². The van der Waals surface area contributed by atoms with E-state index in [1.54, 1.807) is 0 Å². The highest BCUT2D eigenvalue weighted by atomic mass is 16.1. The summed E-state index contributed by atoms with van der Waals surface area (Å²) in [7, 11) is 0. The highest BCUT2D eigenvalue weighted by Gasteiger charge is 1.98. The van der Waals surface area contributed by atoms with Gasteiger partial charge in [0.1, 0.15) is 5.69 Å². The second kappa shape index (κ2) is 4.05. The second-order valence-electron chi connectivity index (χ2n) is 2.16. The van der Waals surface area contributed by atoms with Crippen LogP contribution in [0.3, 0.4) is 0 Å². The number of hydrogen-bond donors (Lipinski definition) is 3. The second-order valence-corrected chi connectivity index (χ2v) is 2.16. The molecule has 2 amide bonds. The molecule has 6 nitrogen and oxygen atoms in total. The molecule has 0 radical (unpaired) electrons. The van der Waals surface area contributed by atoms with Crippen LogP contribution in [0, 0.1) is 0 Å². The number of pyridine rings is 1. The number of hydrogen-bond acceptors (Lipinski definition) is 3. The maximum absolute atomic E-state index is 11.0.